The van der Waals surface area contributed by atoms with Gasteiger partial charge in [-0.3, -0.25) is 5.32 Å². The van der Waals surface area contributed by atoms with Crippen LogP contribution in [0.1, 0.15) is 0 Å². The van der Waals surface area contributed by atoms with Gasteiger partial charge in [0.15, 0.2) is 17.3 Å². The number of rotatable bonds is 3. The minimum absolute atomic E-state index is 0.183. The number of ether oxygens (including phenoxy) is 2. The molecule has 0 fully saturated rings. The highest BCUT2D eigenvalue weighted by Crippen LogP contribution is 2.34. The van der Waals surface area contributed by atoms with E-state index in [4.69, 9.17) is 9.47 Å². The van der Waals surface area contributed by atoms with E-state index in [1.165, 1.54) is 6.33 Å². The van der Waals surface area contributed by atoms with Crippen LogP contribution < -0.4 is 20.1 Å². The molecule has 0 spiro atoms. The molecule has 1 aliphatic rings. The van der Waals surface area contributed by atoms with Crippen LogP contribution in [0.3, 0.4) is 0 Å². The second-order valence-electron chi connectivity index (χ2n) is 4.86. The maximum absolute atomic E-state index is 12.1. The van der Waals surface area contributed by atoms with Crippen molar-refractivity contribution in [2.45, 2.75) is 0 Å². The fraction of sp³-hybridized carbons (Fsp3) is 0.0667. The van der Waals surface area contributed by atoms with E-state index in [2.05, 4.69) is 25.7 Å². The number of hydrogen-bond acceptors (Lipinski definition) is 6. The molecule has 2 aromatic heterocycles. The van der Waals surface area contributed by atoms with Gasteiger partial charge in [0, 0.05) is 30.2 Å². The summed E-state index contributed by atoms with van der Waals surface area (Å²) in [6, 6.07) is 8.12. The molecule has 3 heterocycles. The summed E-state index contributed by atoms with van der Waals surface area (Å²) in [6.07, 6.45) is 4.74. The van der Waals surface area contributed by atoms with Gasteiger partial charge in [-0.05, 0) is 18.2 Å². The first-order valence-corrected chi connectivity index (χ1v) is 7.08. The van der Waals surface area contributed by atoms with E-state index in [-0.39, 0.29) is 6.79 Å². The normalized spacial score (nSPS) is 12.0. The number of hydrogen-bond donors (Lipinski definition) is 2. The van der Waals surface area contributed by atoms with Gasteiger partial charge in [-0.2, -0.15) is 5.10 Å². The zero-order chi connectivity index (χ0) is 16.4. The predicted octanol–water partition coefficient (Wildman–Crippen LogP) is 2.03. The number of aromatic nitrogens is 4. The summed E-state index contributed by atoms with van der Waals surface area (Å²) in [5.41, 5.74) is 0.582. The molecule has 0 atom stereocenters. The van der Waals surface area contributed by atoms with Gasteiger partial charge in [0.2, 0.25) is 6.79 Å². The highest BCUT2D eigenvalue weighted by atomic mass is 16.7. The van der Waals surface area contributed by atoms with Crippen LogP contribution in [0, 0.1) is 0 Å². The van der Waals surface area contributed by atoms with Crippen LogP contribution in [-0.2, 0) is 0 Å². The van der Waals surface area contributed by atoms with Gasteiger partial charge in [-0.15, -0.1) is 0 Å². The first-order valence-electron chi connectivity index (χ1n) is 7.08. The van der Waals surface area contributed by atoms with Crippen LogP contribution in [0.25, 0.3) is 5.82 Å². The minimum Gasteiger partial charge on any atom is -0.454 e. The molecule has 0 aliphatic carbocycles. The Morgan fingerprint density at radius 3 is 2.92 bits per heavy atom. The van der Waals surface area contributed by atoms with Crippen LogP contribution in [0.4, 0.5) is 16.3 Å². The Balaban J connectivity index is 1.45. The first-order chi connectivity index (χ1) is 11.8. The third-order valence-electron chi connectivity index (χ3n) is 3.26. The molecule has 0 saturated carbocycles. The number of fused-ring (bicyclic) bond motifs is 1. The van der Waals surface area contributed by atoms with Crippen molar-refractivity contribution in [3.8, 4) is 17.3 Å². The van der Waals surface area contributed by atoms with Gasteiger partial charge in [-0.25, -0.2) is 19.4 Å². The third kappa shape index (κ3) is 2.82. The molecule has 1 aromatic carbocycles. The van der Waals surface area contributed by atoms with Gasteiger partial charge in [0.05, 0.1) is 0 Å². The fourth-order valence-electron chi connectivity index (χ4n) is 2.20. The molecule has 0 unspecified atom stereocenters. The summed E-state index contributed by atoms with van der Waals surface area (Å²) < 4.78 is 12.1. The van der Waals surface area contributed by atoms with Gasteiger partial charge in [0.1, 0.15) is 12.1 Å². The monoisotopic (exact) mass is 324 g/mol. The van der Waals surface area contributed by atoms with E-state index in [0.29, 0.717) is 28.8 Å². The van der Waals surface area contributed by atoms with E-state index in [1.54, 1.807) is 47.4 Å². The molecule has 2 amide bonds. The second-order valence-corrected chi connectivity index (χ2v) is 4.86. The van der Waals surface area contributed by atoms with E-state index >= 15 is 0 Å². The van der Waals surface area contributed by atoms with Gasteiger partial charge >= 0.3 is 6.03 Å². The van der Waals surface area contributed by atoms with Crippen molar-refractivity contribution in [3.63, 3.8) is 0 Å². The zero-order valence-electron chi connectivity index (χ0n) is 12.3. The summed E-state index contributed by atoms with van der Waals surface area (Å²) in [6.45, 7) is 0.183. The molecule has 0 radical (unpaired) electrons. The van der Waals surface area contributed by atoms with E-state index in [0.717, 1.165) is 0 Å². The maximum atomic E-state index is 12.1. The molecule has 9 nitrogen and oxygen atoms in total. The van der Waals surface area contributed by atoms with Crippen molar-refractivity contribution in [1.82, 2.24) is 19.7 Å². The summed E-state index contributed by atoms with van der Waals surface area (Å²) in [5.74, 6) is 2.15. The standard InChI is InChI=1S/C15H12N6O3/c22-15(19-10-2-3-11-12(6-10)24-9-23-11)20-13-7-14(17-8-16-13)21-5-1-4-18-21/h1-8H,9H2,(H2,16,17,19,20,22). The molecule has 4 rings (SSSR count). The Bertz CT molecular complexity index is 881. The Morgan fingerprint density at radius 2 is 2.04 bits per heavy atom. The van der Waals surface area contributed by atoms with E-state index in [9.17, 15) is 4.79 Å². The van der Waals surface area contributed by atoms with Crippen molar-refractivity contribution in [2.24, 2.45) is 0 Å². The lowest BCUT2D eigenvalue weighted by molar-refractivity contribution is 0.174. The van der Waals surface area contributed by atoms with Crippen LogP contribution in [0.2, 0.25) is 0 Å². The molecular formula is C15H12N6O3. The van der Waals surface area contributed by atoms with Crippen LogP contribution in [-0.4, -0.2) is 32.6 Å². The van der Waals surface area contributed by atoms with Crippen molar-refractivity contribution in [3.05, 3.63) is 49.1 Å². The Labute approximate surface area is 136 Å². The molecule has 120 valence electrons. The average molecular weight is 324 g/mol. The van der Waals surface area contributed by atoms with Gasteiger partial charge in [0.25, 0.3) is 0 Å². The average Bonchev–Trinajstić information content (AvgIpc) is 3.26. The van der Waals surface area contributed by atoms with Crippen molar-refractivity contribution >= 4 is 17.5 Å². The number of nitrogens with one attached hydrogen (secondary N) is 2. The summed E-state index contributed by atoms with van der Waals surface area (Å²) >= 11 is 0. The lowest BCUT2D eigenvalue weighted by atomic mass is 10.3. The number of urea groups is 1. The van der Waals surface area contributed by atoms with Gasteiger partial charge < -0.3 is 14.8 Å². The van der Waals surface area contributed by atoms with Crippen molar-refractivity contribution in [2.75, 3.05) is 17.4 Å². The molecule has 9 heteroatoms. The Morgan fingerprint density at radius 1 is 1.12 bits per heavy atom. The highest BCUT2D eigenvalue weighted by Gasteiger charge is 2.14. The fourth-order valence-corrected chi connectivity index (χ4v) is 2.20. The van der Waals surface area contributed by atoms with Crippen LogP contribution in [0.5, 0.6) is 11.5 Å². The number of nitrogens with zero attached hydrogens (tertiary/aromatic N) is 4. The summed E-state index contributed by atoms with van der Waals surface area (Å²) in [5, 5.41) is 9.43. The minimum atomic E-state index is -0.431. The lowest BCUT2D eigenvalue weighted by Gasteiger charge is -2.08. The largest absolute Gasteiger partial charge is 0.454 e. The number of carbonyl (C=O) groups excluding carboxylic acids is 1. The van der Waals surface area contributed by atoms with Crippen molar-refractivity contribution < 1.29 is 14.3 Å². The molecule has 2 N–H and O–H groups in total. The van der Waals surface area contributed by atoms with E-state index in [1.807, 2.05) is 0 Å². The van der Waals surface area contributed by atoms with Crippen LogP contribution >= 0.6 is 0 Å². The predicted molar refractivity (Wildman–Crippen MR) is 84.4 cm³/mol. The van der Waals surface area contributed by atoms with Crippen molar-refractivity contribution in [1.29, 1.82) is 0 Å². The van der Waals surface area contributed by atoms with Gasteiger partial charge in [-0.1, -0.05) is 0 Å². The number of amides is 2. The lowest BCUT2D eigenvalue weighted by Crippen LogP contribution is -2.20. The molecule has 0 bridgehead atoms. The second kappa shape index (κ2) is 5.88. The molecule has 3 aromatic rings. The zero-order valence-corrected chi connectivity index (χ0v) is 12.3. The molecule has 24 heavy (non-hydrogen) atoms. The summed E-state index contributed by atoms with van der Waals surface area (Å²) in [7, 11) is 0. The molecular weight excluding hydrogens is 312 g/mol. The maximum Gasteiger partial charge on any atom is 0.324 e. The Kier molecular flexibility index (Phi) is 3.43. The number of anilines is 2. The highest BCUT2D eigenvalue weighted by molar-refractivity contribution is 5.99. The smallest absolute Gasteiger partial charge is 0.324 e. The first kappa shape index (κ1) is 14.0. The molecule has 1 aliphatic heterocycles. The summed E-state index contributed by atoms with van der Waals surface area (Å²) in [4.78, 5) is 20.2. The SMILES string of the molecule is O=C(Nc1ccc2c(c1)OCO2)Nc1cc(-n2cccn2)ncn1. The van der Waals surface area contributed by atoms with Crippen LogP contribution in [0.15, 0.2) is 49.1 Å². The quantitative estimate of drug-likeness (QED) is 0.764. The number of benzene rings is 1. The topological polar surface area (TPSA) is 103 Å². The van der Waals surface area contributed by atoms with E-state index < -0.39 is 6.03 Å². The number of carbonyl (C=O) groups is 1. The third-order valence-corrected chi connectivity index (χ3v) is 3.26. The molecule has 0 saturated heterocycles. The Hall–Kier alpha value is -3.62.